The standard InChI is InChI=1S/C15H16S.C14H15NS/c1-2-13-8-10-15(11-9-13)16-12-14-6-4-3-5-7-14;1-15-13-7-9-14(10-8-13)16-11-12-5-3-2-4-6-12/h3-11H,2,12H2,1H3;2-10,15H,11H2,1H3. The highest BCUT2D eigenvalue weighted by Gasteiger charge is 1.97. The molecular formula is C29H31NS2. The highest BCUT2D eigenvalue weighted by molar-refractivity contribution is 7.98. The van der Waals surface area contributed by atoms with E-state index in [2.05, 4.69) is 121 Å². The number of aryl methyl sites for hydroxylation is 1. The third kappa shape index (κ3) is 8.49. The molecule has 0 bridgehead atoms. The van der Waals surface area contributed by atoms with Crippen LogP contribution in [-0.2, 0) is 17.9 Å². The highest BCUT2D eigenvalue weighted by Crippen LogP contribution is 2.24. The smallest absolute Gasteiger partial charge is 0.0338 e. The number of hydrogen-bond acceptors (Lipinski definition) is 3. The molecule has 0 saturated heterocycles. The monoisotopic (exact) mass is 457 g/mol. The molecule has 1 nitrogen and oxygen atoms in total. The van der Waals surface area contributed by atoms with Gasteiger partial charge in [-0.3, -0.25) is 0 Å². The first-order valence-electron chi connectivity index (χ1n) is 11.0. The van der Waals surface area contributed by atoms with Gasteiger partial charge in [-0.2, -0.15) is 0 Å². The zero-order chi connectivity index (χ0) is 22.4. The Bertz CT molecular complexity index is 927. The second-order valence-electron chi connectivity index (χ2n) is 7.32. The highest BCUT2D eigenvalue weighted by atomic mass is 32.2. The van der Waals surface area contributed by atoms with Crippen molar-refractivity contribution in [2.75, 3.05) is 12.4 Å². The van der Waals surface area contributed by atoms with Crippen molar-refractivity contribution in [3.05, 3.63) is 126 Å². The second-order valence-corrected chi connectivity index (χ2v) is 9.42. The molecule has 4 aromatic carbocycles. The molecule has 0 atom stereocenters. The average Bonchev–Trinajstić information content (AvgIpc) is 2.88. The van der Waals surface area contributed by atoms with Crippen LogP contribution in [0.1, 0.15) is 23.6 Å². The third-order valence-corrected chi connectivity index (χ3v) is 7.14. The van der Waals surface area contributed by atoms with Crippen molar-refractivity contribution in [1.82, 2.24) is 0 Å². The summed E-state index contributed by atoms with van der Waals surface area (Å²) >= 11 is 3.76. The molecule has 1 N–H and O–H groups in total. The Balaban J connectivity index is 0.000000181. The summed E-state index contributed by atoms with van der Waals surface area (Å²) < 4.78 is 0. The van der Waals surface area contributed by atoms with Gasteiger partial charge in [0.1, 0.15) is 0 Å². The lowest BCUT2D eigenvalue weighted by Crippen LogP contribution is -1.86. The second kappa shape index (κ2) is 13.7. The summed E-state index contributed by atoms with van der Waals surface area (Å²) in [5.74, 6) is 2.08. The number of rotatable bonds is 8. The number of benzene rings is 4. The molecule has 0 amide bonds. The quantitative estimate of drug-likeness (QED) is 0.266. The summed E-state index contributed by atoms with van der Waals surface area (Å²) in [6, 6.07) is 38.5. The van der Waals surface area contributed by atoms with Crippen molar-refractivity contribution in [2.24, 2.45) is 0 Å². The molecule has 3 heteroatoms. The van der Waals surface area contributed by atoms with Crippen molar-refractivity contribution in [3.8, 4) is 0 Å². The summed E-state index contributed by atoms with van der Waals surface area (Å²) in [7, 11) is 1.94. The first kappa shape index (κ1) is 24.0. The van der Waals surface area contributed by atoms with Gasteiger partial charge < -0.3 is 5.32 Å². The number of hydrogen-bond donors (Lipinski definition) is 1. The van der Waals surface area contributed by atoms with Crippen LogP contribution in [0.25, 0.3) is 0 Å². The van der Waals surface area contributed by atoms with E-state index in [9.17, 15) is 0 Å². The molecule has 0 aromatic heterocycles. The Morgan fingerprint density at radius 1 is 0.531 bits per heavy atom. The van der Waals surface area contributed by atoms with Crippen molar-refractivity contribution < 1.29 is 0 Å². The van der Waals surface area contributed by atoms with Gasteiger partial charge in [0.2, 0.25) is 0 Å². The van der Waals surface area contributed by atoms with Crippen LogP contribution in [0, 0.1) is 0 Å². The maximum absolute atomic E-state index is 3.12. The number of thioether (sulfide) groups is 2. The van der Waals surface area contributed by atoms with Gasteiger partial charge in [0.25, 0.3) is 0 Å². The molecule has 0 fully saturated rings. The molecule has 0 aliphatic rings. The fraction of sp³-hybridized carbons (Fsp3) is 0.172. The minimum absolute atomic E-state index is 1.03. The van der Waals surface area contributed by atoms with Gasteiger partial charge in [-0.15, -0.1) is 23.5 Å². The Kier molecular flexibility index (Phi) is 10.3. The lowest BCUT2D eigenvalue weighted by molar-refractivity contribution is 1.13. The molecule has 32 heavy (non-hydrogen) atoms. The van der Waals surface area contributed by atoms with E-state index in [1.165, 1.54) is 26.5 Å². The molecule has 0 radical (unpaired) electrons. The molecule has 0 heterocycles. The predicted octanol–water partition coefficient (Wildman–Crippen LogP) is 8.56. The fourth-order valence-electron chi connectivity index (χ4n) is 3.02. The van der Waals surface area contributed by atoms with E-state index in [1.54, 1.807) is 0 Å². The third-order valence-electron chi connectivity index (χ3n) is 4.97. The minimum Gasteiger partial charge on any atom is -0.388 e. The lowest BCUT2D eigenvalue weighted by Gasteiger charge is -2.03. The topological polar surface area (TPSA) is 12.0 Å². The van der Waals surface area contributed by atoms with Gasteiger partial charge in [0, 0.05) is 34.0 Å². The van der Waals surface area contributed by atoms with Crippen LogP contribution in [0.4, 0.5) is 5.69 Å². The predicted molar refractivity (Wildman–Crippen MR) is 144 cm³/mol. The summed E-state index contributed by atoms with van der Waals surface area (Å²) in [6.07, 6.45) is 1.11. The summed E-state index contributed by atoms with van der Waals surface area (Å²) in [5.41, 5.74) is 5.31. The maximum atomic E-state index is 3.12. The van der Waals surface area contributed by atoms with Crippen LogP contribution in [0.5, 0.6) is 0 Å². The average molecular weight is 458 g/mol. The molecular weight excluding hydrogens is 426 g/mol. The molecule has 4 aromatic rings. The van der Waals surface area contributed by atoms with Crippen molar-refractivity contribution >= 4 is 29.2 Å². The van der Waals surface area contributed by atoms with Gasteiger partial charge in [-0.25, -0.2) is 0 Å². The van der Waals surface area contributed by atoms with Crippen molar-refractivity contribution in [2.45, 2.75) is 34.6 Å². The number of anilines is 1. The van der Waals surface area contributed by atoms with E-state index in [-0.39, 0.29) is 0 Å². The fourth-order valence-corrected chi connectivity index (χ4v) is 4.73. The van der Waals surface area contributed by atoms with E-state index in [0.717, 1.165) is 23.6 Å². The first-order chi connectivity index (χ1) is 15.8. The largest absolute Gasteiger partial charge is 0.388 e. The molecule has 0 saturated carbocycles. The van der Waals surface area contributed by atoms with E-state index in [4.69, 9.17) is 0 Å². The van der Waals surface area contributed by atoms with Crippen LogP contribution < -0.4 is 5.32 Å². The number of nitrogens with one attached hydrogen (secondary N) is 1. The first-order valence-corrected chi connectivity index (χ1v) is 12.9. The molecule has 0 aliphatic carbocycles. The van der Waals surface area contributed by atoms with Gasteiger partial charge in [0.05, 0.1) is 0 Å². The summed E-state index contributed by atoms with van der Waals surface area (Å²) in [4.78, 5) is 2.66. The van der Waals surface area contributed by atoms with Gasteiger partial charge >= 0.3 is 0 Å². The van der Waals surface area contributed by atoms with Crippen LogP contribution in [0.15, 0.2) is 119 Å². The van der Waals surface area contributed by atoms with Gasteiger partial charge in [-0.05, 0) is 59.5 Å². The molecule has 0 aliphatic heterocycles. The van der Waals surface area contributed by atoms with E-state index < -0.39 is 0 Å². The molecule has 4 rings (SSSR count). The van der Waals surface area contributed by atoms with Crippen molar-refractivity contribution in [3.63, 3.8) is 0 Å². The van der Waals surface area contributed by atoms with Gasteiger partial charge in [0.15, 0.2) is 0 Å². The minimum atomic E-state index is 1.03. The Labute approximate surface area is 201 Å². The van der Waals surface area contributed by atoms with Crippen LogP contribution in [0.3, 0.4) is 0 Å². The summed E-state index contributed by atoms with van der Waals surface area (Å²) in [5, 5.41) is 3.12. The Hall–Kier alpha value is -2.62. The lowest BCUT2D eigenvalue weighted by atomic mass is 10.2. The maximum Gasteiger partial charge on any atom is 0.0338 e. The SMILES string of the molecule is CCc1ccc(SCc2ccccc2)cc1.CNc1ccc(SCc2ccccc2)cc1. The van der Waals surface area contributed by atoms with Crippen LogP contribution in [-0.4, -0.2) is 7.05 Å². The molecule has 0 spiro atoms. The zero-order valence-corrected chi connectivity index (χ0v) is 20.5. The normalized spacial score (nSPS) is 10.2. The van der Waals surface area contributed by atoms with E-state index in [0.29, 0.717) is 0 Å². The summed E-state index contributed by atoms with van der Waals surface area (Å²) in [6.45, 7) is 2.19. The molecule has 0 unspecified atom stereocenters. The van der Waals surface area contributed by atoms with Gasteiger partial charge in [-0.1, -0.05) is 79.7 Å². The van der Waals surface area contributed by atoms with E-state index in [1.807, 2.05) is 30.6 Å². The Morgan fingerprint density at radius 2 is 0.969 bits per heavy atom. The van der Waals surface area contributed by atoms with Crippen molar-refractivity contribution in [1.29, 1.82) is 0 Å². The zero-order valence-electron chi connectivity index (χ0n) is 18.8. The van der Waals surface area contributed by atoms with Crippen LogP contribution in [0.2, 0.25) is 0 Å². The molecule has 164 valence electrons. The van der Waals surface area contributed by atoms with E-state index >= 15 is 0 Å². The van der Waals surface area contributed by atoms with Crippen LogP contribution >= 0.6 is 23.5 Å². The Morgan fingerprint density at radius 3 is 1.38 bits per heavy atom.